The zero-order valence-corrected chi connectivity index (χ0v) is 7.28. The van der Waals surface area contributed by atoms with Crippen LogP contribution < -0.4 is 0 Å². The molecular formula is C7H13NOS. The van der Waals surface area contributed by atoms with E-state index in [1.165, 1.54) is 5.70 Å². The molecule has 1 aliphatic rings. The predicted molar refractivity (Wildman–Crippen MR) is 44.0 cm³/mol. The summed E-state index contributed by atoms with van der Waals surface area (Å²) in [6.07, 6.45) is 0. The highest BCUT2D eigenvalue weighted by atomic mass is 32.2. The SMILES string of the molecule is CCS(=O)/C=C(/C)N1CC1. The van der Waals surface area contributed by atoms with Crippen molar-refractivity contribution in [2.24, 2.45) is 0 Å². The second-order valence-electron chi connectivity index (χ2n) is 2.42. The molecule has 1 fully saturated rings. The zero-order chi connectivity index (χ0) is 7.56. The quantitative estimate of drug-likeness (QED) is 0.571. The third kappa shape index (κ3) is 2.14. The van der Waals surface area contributed by atoms with Gasteiger partial charge < -0.3 is 4.90 Å². The van der Waals surface area contributed by atoms with Gasteiger partial charge in [-0.25, -0.2) is 0 Å². The highest BCUT2D eigenvalue weighted by molar-refractivity contribution is 7.87. The molecule has 58 valence electrons. The smallest absolute Gasteiger partial charge is 0.0470 e. The Bertz CT molecular complexity index is 172. The molecule has 0 radical (unpaired) electrons. The molecule has 0 aromatic heterocycles. The Kier molecular flexibility index (Phi) is 2.49. The van der Waals surface area contributed by atoms with E-state index in [9.17, 15) is 4.21 Å². The van der Waals surface area contributed by atoms with Gasteiger partial charge in [-0.15, -0.1) is 0 Å². The average Bonchev–Trinajstić information content (AvgIpc) is 2.68. The Morgan fingerprint density at radius 2 is 2.30 bits per heavy atom. The molecule has 10 heavy (non-hydrogen) atoms. The number of nitrogens with zero attached hydrogens (tertiary/aromatic N) is 1. The van der Waals surface area contributed by atoms with Crippen molar-refractivity contribution in [3.8, 4) is 0 Å². The molecule has 0 bridgehead atoms. The van der Waals surface area contributed by atoms with Gasteiger partial charge in [0.05, 0.1) is 0 Å². The minimum absolute atomic E-state index is 0.727. The van der Waals surface area contributed by atoms with Crippen LogP contribution in [0.25, 0.3) is 0 Å². The molecule has 1 heterocycles. The van der Waals surface area contributed by atoms with Gasteiger partial charge in [-0.3, -0.25) is 4.21 Å². The van der Waals surface area contributed by atoms with Crippen molar-refractivity contribution in [2.75, 3.05) is 18.8 Å². The maximum atomic E-state index is 11.0. The maximum Gasteiger partial charge on any atom is 0.0470 e. The molecule has 2 nitrogen and oxygen atoms in total. The second-order valence-corrected chi connectivity index (χ2v) is 3.99. The van der Waals surface area contributed by atoms with Gasteiger partial charge in [-0.2, -0.15) is 0 Å². The molecule has 0 aromatic rings. The first-order chi connectivity index (χ1) is 4.74. The van der Waals surface area contributed by atoms with Crippen molar-refractivity contribution in [2.45, 2.75) is 13.8 Å². The summed E-state index contributed by atoms with van der Waals surface area (Å²) in [6, 6.07) is 0. The first-order valence-electron chi connectivity index (χ1n) is 3.54. The van der Waals surface area contributed by atoms with Gasteiger partial charge in [0.1, 0.15) is 0 Å². The fraction of sp³-hybridized carbons (Fsp3) is 0.714. The Morgan fingerprint density at radius 3 is 2.70 bits per heavy atom. The largest absolute Gasteiger partial charge is 0.371 e. The summed E-state index contributed by atoms with van der Waals surface area (Å²) in [5.74, 6) is 0.727. The third-order valence-electron chi connectivity index (χ3n) is 1.53. The van der Waals surface area contributed by atoms with Crippen molar-refractivity contribution in [1.82, 2.24) is 4.90 Å². The molecule has 1 rings (SSSR count). The Morgan fingerprint density at radius 1 is 1.70 bits per heavy atom. The number of rotatable bonds is 3. The number of hydrogen-bond donors (Lipinski definition) is 0. The van der Waals surface area contributed by atoms with Crippen LogP contribution in [0.3, 0.4) is 0 Å². The highest BCUT2D eigenvalue weighted by Crippen LogP contribution is 2.13. The standard InChI is InChI=1S/C7H13NOS/c1-3-10(9)6-7(2)8-4-5-8/h6H,3-5H2,1-2H3/b7-6-. The second kappa shape index (κ2) is 3.19. The number of hydrogen-bond acceptors (Lipinski definition) is 2. The molecule has 0 aliphatic carbocycles. The fourth-order valence-corrected chi connectivity index (χ4v) is 1.45. The van der Waals surface area contributed by atoms with E-state index in [4.69, 9.17) is 0 Å². The van der Waals surface area contributed by atoms with Crippen molar-refractivity contribution < 1.29 is 4.21 Å². The van der Waals surface area contributed by atoms with Crippen molar-refractivity contribution >= 4 is 10.8 Å². The van der Waals surface area contributed by atoms with Gasteiger partial charge in [-0.05, 0) is 6.92 Å². The summed E-state index contributed by atoms with van der Waals surface area (Å²) in [7, 11) is -0.741. The molecular weight excluding hydrogens is 146 g/mol. The molecule has 1 atom stereocenters. The lowest BCUT2D eigenvalue weighted by Gasteiger charge is -1.99. The number of allylic oxidation sites excluding steroid dienone is 1. The Balaban J connectivity index is 2.43. The summed E-state index contributed by atoms with van der Waals surface area (Å²) in [4.78, 5) is 2.20. The summed E-state index contributed by atoms with van der Waals surface area (Å²) in [5, 5.41) is 1.84. The third-order valence-corrected chi connectivity index (χ3v) is 2.71. The van der Waals surface area contributed by atoms with Crippen LogP contribution in [0.15, 0.2) is 11.1 Å². The van der Waals surface area contributed by atoms with Gasteiger partial charge in [0, 0.05) is 40.7 Å². The van der Waals surface area contributed by atoms with Gasteiger partial charge >= 0.3 is 0 Å². The van der Waals surface area contributed by atoms with E-state index >= 15 is 0 Å². The predicted octanol–water partition coefficient (Wildman–Crippen LogP) is 0.932. The summed E-state index contributed by atoms with van der Waals surface area (Å²) in [5.41, 5.74) is 1.17. The van der Waals surface area contributed by atoms with E-state index in [1.54, 1.807) is 0 Å². The van der Waals surface area contributed by atoms with Crippen LogP contribution in [0.2, 0.25) is 0 Å². The zero-order valence-electron chi connectivity index (χ0n) is 6.46. The molecule has 0 N–H and O–H groups in total. The molecule has 0 amide bonds. The highest BCUT2D eigenvalue weighted by Gasteiger charge is 2.16. The van der Waals surface area contributed by atoms with Crippen LogP contribution in [0, 0.1) is 0 Å². The molecule has 3 heteroatoms. The minimum Gasteiger partial charge on any atom is -0.371 e. The van der Waals surface area contributed by atoms with Gasteiger partial charge in [0.25, 0.3) is 0 Å². The van der Waals surface area contributed by atoms with Crippen LogP contribution in [0.1, 0.15) is 13.8 Å². The van der Waals surface area contributed by atoms with Crippen LogP contribution in [0.4, 0.5) is 0 Å². The molecule has 1 unspecified atom stereocenters. The molecule has 0 aromatic carbocycles. The van der Waals surface area contributed by atoms with Gasteiger partial charge in [0.2, 0.25) is 0 Å². The van der Waals surface area contributed by atoms with E-state index in [0.29, 0.717) is 0 Å². The summed E-state index contributed by atoms with van der Waals surface area (Å²) < 4.78 is 11.0. The topological polar surface area (TPSA) is 20.1 Å². The normalized spacial score (nSPS) is 21.0. The van der Waals surface area contributed by atoms with Crippen molar-refractivity contribution in [1.29, 1.82) is 0 Å². The first-order valence-corrected chi connectivity index (χ1v) is 4.92. The first kappa shape index (κ1) is 7.79. The maximum absolute atomic E-state index is 11.0. The average molecular weight is 159 g/mol. The molecule has 0 saturated carbocycles. The molecule has 0 spiro atoms. The van der Waals surface area contributed by atoms with E-state index in [1.807, 2.05) is 19.3 Å². The van der Waals surface area contributed by atoms with E-state index in [0.717, 1.165) is 18.8 Å². The van der Waals surface area contributed by atoms with Crippen LogP contribution in [-0.2, 0) is 10.8 Å². The van der Waals surface area contributed by atoms with Crippen LogP contribution >= 0.6 is 0 Å². The lowest BCUT2D eigenvalue weighted by molar-refractivity contribution is 0.682. The summed E-state index contributed by atoms with van der Waals surface area (Å²) >= 11 is 0. The van der Waals surface area contributed by atoms with E-state index in [2.05, 4.69) is 4.90 Å². The van der Waals surface area contributed by atoms with E-state index < -0.39 is 10.8 Å². The summed E-state index contributed by atoms with van der Waals surface area (Å²) in [6.45, 7) is 6.23. The van der Waals surface area contributed by atoms with Crippen molar-refractivity contribution in [3.05, 3.63) is 11.1 Å². The van der Waals surface area contributed by atoms with Crippen molar-refractivity contribution in [3.63, 3.8) is 0 Å². The molecule has 1 aliphatic heterocycles. The fourth-order valence-electron chi connectivity index (χ4n) is 0.751. The van der Waals surface area contributed by atoms with Gasteiger partial charge in [0.15, 0.2) is 0 Å². The van der Waals surface area contributed by atoms with Crippen LogP contribution in [-0.4, -0.2) is 28.0 Å². The monoisotopic (exact) mass is 159 g/mol. The van der Waals surface area contributed by atoms with E-state index in [-0.39, 0.29) is 0 Å². The molecule has 1 saturated heterocycles. The van der Waals surface area contributed by atoms with Crippen LogP contribution in [0.5, 0.6) is 0 Å². The Hall–Kier alpha value is -0.310. The minimum atomic E-state index is -0.741. The Labute approximate surface area is 64.4 Å². The van der Waals surface area contributed by atoms with Gasteiger partial charge in [-0.1, -0.05) is 6.92 Å². The lowest BCUT2D eigenvalue weighted by atomic mass is 10.6. The lowest BCUT2D eigenvalue weighted by Crippen LogP contribution is -1.95.